The Morgan fingerprint density at radius 3 is 1.77 bits per heavy atom. The number of rotatable bonds is 19. The van der Waals surface area contributed by atoms with Crippen molar-refractivity contribution in [1.82, 2.24) is 10.6 Å². The summed E-state index contributed by atoms with van der Waals surface area (Å²) in [6.07, 6.45) is 38.3. The van der Waals surface area contributed by atoms with Crippen LogP contribution in [0.15, 0.2) is 90.4 Å². The topological polar surface area (TPSA) is 24.1 Å². The molecule has 0 radical (unpaired) electrons. The Balaban J connectivity index is 3.80. The molecule has 0 rings (SSSR count). The lowest BCUT2D eigenvalue weighted by Gasteiger charge is -2.10. The van der Waals surface area contributed by atoms with E-state index in [0.717, 1.165) is 64.5 Å². The van der Waals surface area contributed by atoms with E-state index in [0.29, 0.717) is 0 Å². The van der Waals surface area contributed by atoms with Gasteiger partial charge in [-0.3, -0.25) is 0 Å². The Labute approximate surface area is 193 Å². The highest BCUT2D eigenvalue weighted by atomic mass is 14.9. The number of nitrogens with one attached hydrogen (secondary N) is 2. The predicted molar refractivity (Wildman–Crippen MR) is 141 cm³/mol. The molecule has 0 unspecified atom stereocenters. The molecule has 0 saturated heterocycles. The smallest absolute Gasteiger partial charge is 0.0269 e. The molecule has 0 aliphatic rings. The van der Waals surface area contributed by atoms with Crippen LogP contribution >= 0.6 is 0 Å². The van der Waals surface area contributed by atoms with E-state index in [1.54, 1.807) is 0 Å². The van der Waals surface area contributed by atoms with Crippen molar-refractivity contribution in [2.24, 2.45) is 0 Å². The van der Waals surface area contributed by atoms with Gasteiger partial charge < -0.3 is 10.6 Å². The predicted octanol–water partition coefficient (Wildman–Crippen LogP) is 7.72. The highest BCUT2D eigenvalue weighted by Gasteiger charge is 1.94. The summed E-state index contributed by atoms with van der Waals surface area (Å²) in [6.45, 7) is 6.21. The molecule has 0 saturated carbocycles. The van der Waals surface area contributed by atoms with Crippen molar-refractivity contribution in [3.8, 4) is 0 Å². The number of hydrogen-bond acceptors (Lipinski definition) is 2. The Morgan fingerprint density at radius 2 is 1.26 bits per heavy atom. The second-order valence-corrected chi connectivity index (χ2v) is 7.28. The third kappa shape index (κ3) is 23.9. The van der Waals surface area contributed by atoms with E-state index in [1.165, 1.54) is 12.1 Å². The molecular formula is C29H46N2. The van der Waals surface area contributed by atoms with E-state index in [2.05, 4.69) is 90.1 Å². The molecule has 2 N–H and O–H groups in total. The van der Waals surface area contributed by atoms with Gasteiger partial charge in [-0.1, -0.05) is 80.2 Å². The second kappa shape index (κ2) is 25.8. The van der Waals surface area contributed by atoms with Gasteiger partial charge in [-0.25, -0.2) is 0 Å². The van der Waals surface area contributed by atoms with Crippen LogP contribution in [0.1, 0.15) is 71.6 Å². The lowest BCUT2D eigenvalue weighted by atomic mass is 10.1. The van der Waals surface area contributed by atoms with Crippen LogP contribution in [-0.2, 0) is 0 Å². The molecular weight excluding hydrogens is 376 g/mol. The fourth-order valence-electron chi connectivity index (χ4n) is 2.72. The molecule has 0 bridgehead atoms. The van der Waals surface area contributed by atoms with Crippen molar-refractivity contribution >= 4 is 0 Å². The van der Waals surface area contributed by atoms with Crippen LogP contribution < -0.4 is 10.6 Å². The van der Waals surface area contributed by atoms with Crippen molar-refractivity contribution in [2.45, 2.75) is 71.6 Å². The third-order valence-corrected chi connectivity index (χ3v) is 4.45. The molecule has 0 spiro atoms. The second-order valence-electron chi connectivity index (χ2n) is 7.28. The average molecular weight is 423 g/mol. The van der Waals surface area contributed by atoms with E-state index in [9.17, 15) is 0 Å². The zero-order chi connectivity index (χ0) is 22.7. The molecule has 172 valence electrons. The quantitative estimate of drug-likeness (QED) is 0.126. The number of hydrogen-bond donors (Lipinski definition) is 2. The zero-order valence-corrected chi connectivity index (χ0v) is 20.3. The summed E-state index contributed by atoms with van der Waals surface area (Å²) in [6, 6.07) is 0. The van der Waals surface area contributed by atoms with Gasteiger partial charge in [0.1, 0.15) is 0 Å². The zero-order valence-electron chi connectivity index (χ0n) is 20.3. The van der Waals surface area contributed by atoms with Gasteiger partial charge in [-0.15, -0.1) is 5.73 Å². The molecule has 0 aliphatic heterocycles. The average Bonchev–Trinajstić information content (AvgIpc) is 2.78. The first-order valence-corrected chi connectivity index (χ1v) is 12.0. The fraction of sp³-hybridized carbons (Fsp3) is 0.483. The van der Waals surface area contributed by atoms with Gasteiger partial charge in [-0.2, -0.15) is 0 Å². The van der Waals surface area contributed by atoms with Gasteiger partial charge in [0.25, 0.3) is 0 Å². The van der Waals surface area contributed by atoms with Crippen LogP contribution in [0, 0.1) is 0 Å². The minimum Gasteiger partial charge on any atom is -0.387 e. The molecule has 2 heteroatoms. The lowest BCUT2D eigenvalue weighted by molar-refractivity contribution is 0.688. The molecule has 0 aromatic carbocycles. The normalized spacial score (nSPS) is 12.7. The highest BCUT2D eigenvalue weighted by molar-refractivity contribution is 5.04. The summed E-state index contributed by atoms with van der Waals surface area (Å²) in [7, 11) is 1.99. The SMILES string of the molecule is CC=C=CC/C=C\C/C=C\C/C=C\C/C=C\C/C=C\CC/C(=C\CCC)NCCNC. The Kier molecular flexibility index (Phi) is 23.9. The van der Waals surface area contributed by atoms with Crippen molar-refractivity contribution in [3.05, 3.63) is 90.4 Å². The first-order chi connectivity index (χ1) is 15.3. The Bertz CT molecular complexity index is 623. The molecule has 0 aromatic rings. The van der Waals surface area contributed by atoms with Gasteiger partial charge in [0.05, 0.1) is 0 Å². The molecule has 2 nitrogen and oxygen atoms in total. The van der Waals surface area contributed by atoms with Crippen molar-refractivity contribution < 1.29 is 0 Å². The van der Waals surface area contributed by atoms with Crippen molar-refractivity contribution in [3.63, 3.8) is 0 Å². The molecule has 0 heterocycles. The fourth-order valence-corrected chi connectivity index (χ4v) is 2.72. The summed E-state index contributed by atoms with van der Waals surface area (Å²) < 4.78 is 0. The summed E-state index contributed by atoms with van der Waals surface area (Å²) in [4.78, 5) is 0. The summed E-state index contributed by atoms with van der Waals surface area (Å²) in [5.41, 5.74) is 4.46. The standard InChI is InChI=1S/C29H46N2/c1-4-6-8-9-10-11-12-13-14-15-16-17-18-19-20-21-22-23-24-26-29(25-7-5-2)31-28-27-30-3/h4,8,10-11,13-14,16-17,19-20,22-23,25,30-31H,5,7,9,12,15,18,21,24,26-28H2,1-3H3/b11-10-,14-13-,17-16-,20-19-,23-22-,29-25+. The molecule has 0 aliphatic carbocycles. The van der Waals surface area contributed by atoms with Crippen LogP contribution in [0.2, 0.25) is 0 Å². The van der Waals surface area contributed by atoms with E-state index in [-0.39, 0.29) is 0 Å². The highest BCUT2D eigenvalue weighted by Crippen LogP contribution is 2.06. The first-order valence-electron chi connectivity index (χ1n) is 12.0. The minimum absolute atomic E-state index is 0.963. The maximum atomic E-state index is 3.54. The van der Waals surface area contributed by atoms with Crippen LogP contribution in [0.3, 0.4) is 0 Å². The molecule has 0 aromatic heterocycles. The van der Waals surface area contributed by atoms with Crippen LogP contribution in [0.5, 0.6) is 0 Å². The summed E-state index contributed by atoms with van der Waals surface area (Å²) in [5, 5.41) is 6.73. The van der Waals surface area contributed by atoms with E-state index >= 15 is 0 Å². The van der Waals surface area contributed by atoms with E-state index in [1.807, 2.05) is 26.1 Å². The van der Waals surface area contributed by atoms with E-state index in [4.69, 9.17) is 0 Å². The Hall–Kier alpha value is -2.28. The van der Waals surface area contributed by atoms with Gasteiger partial charge in [0, 0.05) is 18.8 Å². The largest absolute Gasteiger partial charge is 0.387 e. The lowest BCUT2D eigenvalue weighted by Crippen LogP contribution is -2.24. The van der Waals surface area contributed by atoms with Crippen molar-refractivity contribution in [2.75, 3.05) is 20.1 Å². The monoisotopic (exact) mass is 422 g/mol. The van der Waals surface area contributed by atoms with Gasteiger partial charge in [0.15, 0.2) is 0 Å². The number of likely N-dealkylation sites (N-methyl/N-ethyl adjacent to an activating group) is 1. The van der Waals surface area contributed by atoms with Gasteiger partial charge in [-0.05, 0) is 77.5 Å². The Morgan fingerprint density at radius 1 is 0.710 bits per heavy atom. The van der Waals surface area contributed by atoms with Crippen molar-refractivity contribution in [1.29, 1.82) is 0 Å². The maximum Gasteiger partial charge on any atom is 0.0269 e. The van der Waals surface area contributed by atoms with Gasteiger partial charge >= 0.3 is 0 Å². The molecule has 0 atom stereocenters. The van der Waals surface area contributed by atoms with Crippen LogP contribution in [0.4, 0.5) is 0 Å². The minimum atomic E-state index is 0.963. The first kappa shape index (κ1) is 28.7. The third-order valence-electron chi connectivity index (χ3n) is 4.45. The summed E-state index contributed by atoms with van der Waals surface area (Å²) >= 11 is 0. The van der Waals surface area contributed by atoms with E-state index < -0.39 is 0 Å². The molecule has 0 amide bonds. The van der Waals surface area contributed by atoms with Crippen LogP contribution in [-0.4, -0.2) is 20.1 Å². The van der Waals surface area contributed by atoms with Gasteiger partial charge in [0.2, 0.25) is 0 Å². The number of allylic oxidation sites excluding steroid dienone is 13. The molecule has 0 fully saturated rings. The maximum absolute atomic E-state index is 3.54. The summed E-state index contributed by atoms with van der Waals surface area (Å²) in [5.74, 6) is 0. The number of unbranched alkanes of at least 4 members (excludes halogenated alkanes) is 1. The van der Waals surface area contributed by atoms with Crippen LogP contribution in [0.25, 0.3) is 0 Å². The molecule has 31 heavy (non-hydrogen) atoms.